The van der Waals surface area contributed by atoms with E-state index in [2.05, 4.69) is 11.4 Å². The van der Waals surface area contributed by atoms with Gasteiger partial charge in [0.15, 0.2) is 0 Å². The van der Waals surface area contributed by atoms with Crippen LogP contribution < -0.4 is 0 Å². The Balaban J connectivity index is 2.31. The molecule has 1 saturated carbocycles. The summed E-state index contributed by atoms with van der Waals surface area (Å²) in [5, 5.41) is 4.37. The SMILES string of the molecule is COC(=O)C12CCC(SC)C1C(C)=NO2. The lowest BCUT2D eigenvalue weighted by molar-refractivity contribution is -0.168. The van der Waals surface area contributed by atoms with Gasteiger partial charge in [0.2, 0.25) is 5.60 Å². The number of ether oxygens (including phenoxy) is 1. The Kier molecular flexibility index (Phi) is 2.66. The second kappa shape index (κ2) is 3.70. The van der Waals surface area contributed by atoms with Crippen molar-refractivity contribution in [3.8, 4) is 0 Å². The average Bonchev–Trinajstić information content (AvgIpc) is 2.77. The molecule has 0 spiro atoms. The summed E-state index contributed by atoms with van der Waals surface area (Å²) in [5.74, 6) is -0.204. The van der Waals surface area contributed by atoms with Gasteiger partial charge >= 0.3 is 5.97 Å². The van der Waals surface area contributed by atoms with Gasteiger partial charge in [0, 0.05) is 11.7 Å². The van der Waals surface area contributed by atoms with Gasteiger partial charge in [0.1, 0.15) is 0 Å². The molecule has 0 amide bonds. The first-order chi connectivity index (χ1) is 7.15. The number of thioether (sulfide) groups is 1. The maximum absolute atomic E-state index is 11.8. The Morgan fingerprint density at radius 1 is 1.73 bits per heavy atom. The van der Waals surface area contributed by atoms with Crippen molar-refractivity contribution in [2.45, 2.75) is 30.6 Å². The number of hydrogen-bond donors (Lipinski definition) is 0. The first kappa shape index (κ1) is 10.8. The quantitative estimate of drug-likeness (QED) is 0.672. The molecule has 0 saturated heterocycles. The summed E-state index contributed by atoms with van der Waals surface area (Å²) in [5.41, 5.74) is 0.0872. The molecule has 2 aliphatic rings. The van der Waals surface area contributed by atoms with Gasteiger partial charge < -0.3 is 9.57 Å². The van der Waals surface area contributed by atoms with Crippen molar-refractivity contribution in [1.82, 2.24) is 0 Å². The number of rotatable bonds is 2. The number of methoxy groups -OCH3 is 1. The summed E-state index contributed by atoms with van der Waals surface area (Å²) in [6, 6.07) is 0. The molecule has 4 nitrogen and oxygen atoms in total. The molecule has 1 aliphatic heterocycles. The maximum Gasteiger partial charge on any atom is 0.353 e. The molecule has 1 heterocycles. The summed E-state index contributed by atoms with van der Waals surface area (Å²) in [7, 11) is 1.40. The van der Waals surface area contributed by atoms with Crippen molar-refractivity contribution in [3.63, 3.8) is 0 Å². The predicted octanol–water partition coefficient (Wildman–Crippen LogP) is 1.45. The van der Waals surface area contributed by atoms with E-state index in [0.717, 1.165) is 12.1 Å². The minimum Gasteiger partial charge on any atom is -0.466 e. The van der Waals surface area contributed by atoms with Crippen LogP contribution in [0.25, 0.3) is 0 Å². The molecule has 15 heavy (non-hydrogen) atoms. The molecule has 0 radical (unpaired) electrons. The standard InChI is InChI=1S/C10H15NO3S/c1-6-8-7(15-3)4-5-10(8,14-11-6)9(12)13-2/h7-8H,4-5H2,1-3H3. The molecule has 1 aliphatic carbocycles. The summed E-state index contributed by atoms with van der Waals surface area (Å²) >= 11 is 1.77. The number of oxime groups is 1. The number of carbonyl (C=O) groups excluding carboxylic acids is 1. The normalized spacial score (nSPS) is 38.2. The van der Waals surface area contributed by atoms with E-state index in [1.807, 2.05) is 6.92 Å². The monoisotopic (exact) mass is 229 g/mol. The van der Waals surface area contributed by atoms with Crippen LogP contribution >= 0.6 is 11.8 Å². The Morgan fingerprint density at radius 2 is 2.47 bits per heavy atom. The number of fused-ring (bicyclic) bond motifs is 1. The van der Waals surface area contributed by atoms with Crippen molar-refractivity contribution >= 4 is 23.4 Å². The molecule has 0 bridgehead atoms. The topological polar surface area (TPSA) is 47.9 Å². The van der Waals surface area contributed by atoms with Crippen LogP contribution in [0, 0.1) is 5.92 Å². The second-order valence-corrected chi connectivity index (χ2v) is 5.07. The minimum absolute atomic E-state index is 0.0833. The van der Waals surface area contributed by atoms with Crippen LogP contribution in [0.3, 0.4) is 0 Å². The third-order valence-electron chi connectivity index (χ3n) is 3.31. The summed E-state index contributed by atoms with van der Waals surface area (Å²) in [6.07, 6.45) is 3.74. The molecule has 0 aromatic rings. The molecule has 0 N–H and O–H groups in total. The van der Waals surface area contributed by atoms with E-state index in [1.165, 1.54) is 7.11 Å². The molecule has 1 fully saturated rings. The number of nitrogens with zero attached hydrogens (tertiary/aromatic N) is 1. The predicted molar refractivity (Wildman–Crippen MR) is 59.0 cm³/mol. The van der Waals surface area contributed by atoms with Crippen LogP contribution in [0.1, 0.15) is 19.8 Å². The summed E-state index contributed by atoms with van der Waals surface area (Å²) in [4.78, 5) is 17.2. The van der Waals surface area contributed by atoms with Crippen LogP contribution in [0.15, 0.2) is 5.16 Å². The van der Waals surface area contributed by atoms with Gasteiger partial charge in [-0.3, -0.25) is 0 Å². The zero-order chi connectivity index (χ0) is 11.1. The average molecular weight is 229 g/mol. The highest BCUT2D eigenvalue weighted by molar-refractivity contribution is 7.99. The third-order valence-corrected chi connectivity index (χ3v) is 4.42. The van der Waals surface area contributed by atoms with E-state index in [1.54, 1.807) is 11.8 Å². The molecule has 0 aromatic carbocycles. The zero-order valence-electron chi connectivity index (χ0n) is 9.15. The van der Waals surface area contributed by atoms with Gasteiger partial charge in [-0.1, -0.05) is 5.16 Å². The van der Waals surface area contributed by atoms with E-state index in [0.29, 0.717) is 11.7 Å². The van der Waals surface area contributed by atoms with E-state index in [-0.39, 0.29) is 11.9 Å². The summed E-state index contributed by atoms with van der Waals surface area (Å²) < 4.78 is 4.83. The highest BCUT2D eigenvalue weighted by atomic mass is 32.2. The Hall–Kier alpha value is -0.710. The van der Waals surface area contributed by atoms with Crippen molar-refractivity contribution in [3.05, 3.63) is 0 Å². The zero-order valence-corrected chi connectivity index (χ0v) is 9.97. The maximum atomic E-state index is 11.8. The molecule has 2 rings (SSSR count). The number of carbonyl (C=O) groups is 1. The lowest BCUT2D eigenvalue weighted by Crippen LogP contribution is -2.45. The van der Waals surface area contributed by atoms with Gasteiger partial charge in [-0.05, 0) is 19.6 Å². The molecule has 5 heteroatoms. The molecule has 3 unspecified atom stereocenters. The van der Waals surface area contributed by atoms with E-state index in [9.17, 15) is 4.79 Å². The Labute approximate surface area is 93.4 Å². The molecular weight excluding hydrogens is 214 g/mol. The van der Waals surface area contributed by atoms with Crippen molar-refractivity contribution in [2.75, 3.05) is 13.4 Å². The first-order valence-electron chi connectivity index (χ1n) is 4.99. The Morgan fingerprint density at radius 3 is 3.07 bits per heavy atom. The van der Waals surface area contributed by atoms with Gasteiger partial charge in [-0.25, -0.2) is 4.79 Å². The first-order valence-corrected chi connectivity index (χ1v) is 6.28. The molecule has 3 atom stereocenters. The third kappa shape index (κ3) is 1.36. The van der Waals surface area contributed by atoms with Crippen molar-refractivity contribution in [1.29, 1.82) is 0 Å². The van der Waals surface area contributed by atoms with Crippen LogP contribution in [0.2, 0.25) is 0 Å². The fraction of sp³-hybridized carbons (Fsp3) is 0.800. The molecular formula is C10H15NO3S. The second-order valence-electron chi connectivity index (χ2n) is 4.00. The van der Waals surface area contributed by atoms with Crippen LogP contribution in [-0.4, -0.2) is 35.9 Å². The minimum atomic E-state index is -0.827. The van der Waals surface area contributed by atoms with E-state index in [4.69, 9.17) is 9.57 Å². The molecule has 84 valence electrons. The van der Waals surface area contributed by atoms with Crippen molar-refractivity contribution < 1.29 is 14.4 Å². The smallest absolute Gasteiger partial charge is 0.353 e. The number of esters is 1. The van der Waals surface area contributed by atoms with Gasteiger partial charge in [-0.2, -0.15) is 11.8 Å². The lowest BCUT2D eigenvalue weighted by atomic mass is 9.88. The fourth-order valence-corrected chi connectivity index (χ4v) is 3.63. The van der Waals surface area contributed by atoms with Crippen LogP contribution in [0.4, 0.5) is 0 Å². The van der Waals surface area contributed by atoms with Gasteiger partial charge in [0.05, 0.1) is 18.7 Å². The van der Waals surface area contributed by atoms with Crippen molar-refractivity contribution in [2.24, 2.45) is 11.1 Å². The lowest BCUT2D eigenvalue weighted by Gasteiger charge is -2.25. The van der Waals surface area contributed by atoms with Gasteiger partial charge in [-0.15, -0.1) is 0 Å². The largest absolute Gasteiger partial charge is 0.466 e. The Bertz CT molecular complexity index is 318. The van der Waals surface area contributed by atoms with Gasteiger partial charge in [0.25, 0.3) is 0 Å². The summed E-state index contributed by atoms with van der Waals surface area (Å²) in [6.45, 7) is 1.92. The van der Waals surface area contributed by atoms with E-state index >= 15 is 0 Å². The highest BCUT2D eigenvalue weighted by Crippen LogP contribution is 2.48. The fourth-order valence-electron chi connectivity index (χ4n) is 2.59. The number of hydrogen-bond acceptors (Lipinski definition) is 5. The molecule has 0 aromatic heterocycles. The van der Waals surface area contributed by atoms with Crippen LogP contribution in [-0.2, 0) is 14.4 Å². The van der Waals surface area contributed by atoms with E-state index < -0.39 is 5.60 Å². The van der Waals surface area contributed by atoms with Crippen LogP contribution in [0.5, 0.6) is 0 Å². The highest BCUT2D eigenvalue weighted by Gasteiger charge is 2.61.